The van der Waals surface area contributed by atoms with Gasteiger partial charge in [0.05, 0.1) is 31.3 Å². The highest BCUT2D eigenvalue weighted by Gasteiger charge is 2.47. The highest BCUT2D eigenvalue weighted by molar-refractivity contribution is 7.15. The van der Waals surface area contributed by atoms with E-state index in [1.807, 2.05) is 115 Å². The van der Waals surface area contributed by atoms with E-state index in [-0.39, 0.29) is 6.61 Å². The number of hydrogen-bond donors (Lipinski definition) is 1. The van der Waals surface area contributed by atoms with Gasteiger partial charge in [-0.3, -0.25) is 0 Å². The second-order valence-electron chi connectivity index (χ2n) is 12.5. The van der Waals surface area contributed by atoms with Crippen molar-refractivity contribution in [1.29, 1.82) is 0 Å². The number of rotatable bonds is 14. The summed E-state index contributed by atoms with van der Waals surface area (Å²) in [6.07, 6.45) is 0.462. The molecule has 6 aromatic rings. The minimum absolute atomic E-state index is 0.170. The summed E-state index contributed by atoms with van der Waals surface area (Å²) in [6.45, 7) is 1.18. The molecule has 7 rings (SSSR count). The summed E-state index contributed by atoms with van der Waals surface area (Å²) in [5.41, 5.74) is 4.87. The first-order chi connectivity index (χ1) is 25.1. The van der Waals surface area contributed by atoms with E-state index in [0.717, 1.165) is 37.6 Å². The van der Waals surface area contributed by atoms with Crippen LogP contribution in [0.15, 0.2) is 140 Å². The molecule has 0 bridgehead atoms. The molecule has 2 aromatic heterocycles. The molecule has 0 amide bonds. The topological polar surface area (TPSA) is 82.9 Å². The van der Waals surface area contributed by atoms with Crippen molar-refractivity contribution in [3.05, 3.63) is 178 Å². The number of aliphatic hydroxyl groups is 1. The van der Waals surface area contributed by atoms with Crippen LogP contribution in [0, 0.1) is 0 Å². The Morgan fingerprint density at radius 2 is 1.29 bits per heavy atom. The van der Waals surface area contributed by atoms with Crippen molar-refractivity contribution >= 4 is 22.9 Å². The zero-order valence-corrected chi connectivity index (χ0v) is 29.5. The number of benzene rings is 4. The number of halogens is 1. The van der Waals surface area contributed by atoms with Crippen LogP contribution < -0.4 is 0 Å². The molecule has 0 saturated carbocycles. The van der Waals surface area contributed by atoms with E-state index in [0.29, 0.717) is 37.1 Å². The number of thiophene rings is 1. The van der Waals surface area contributed by atoms with E-state index in [4.69, 9.17) is 30.5 Å². The molecule has 5 atom stereocenters. The van der Waals surface area contributed by atoms with Crippen molar-refractivity contribution in [2.45, 2.75) is 56.8 Å². The Hall–Kier alpha value is -4.25. The Labute approximate surface area is 307 Å². The summed E-state index contributed by atoms with van der Waals surface area (Å²) in [5, 5.41) is 12.5. The quantitative estimate of drug-likeness (QED) is 0.121. The summed E-state index contributed by atoms with van der Waals surface area (Å²) in [6, 6.07) is 41.8. The van der Waals surface area contributed by atoms with Gasteiger partial charge in [0.15, 0.2) is 5.82 Å². The van der Waals surface area contributed by atoms with Crippen molar-refractivity contribution in [2.24, 2.45) is 0 Å². The third-order valence-corrected chi connectivity index (χ3v) is 10.3. The Balaban J connectivity index is 1.19. The molecule has 3 heterocycles. The molecule has 4 aromatic carbocycles. The largest absolute Gasteiger partial charge is 0.387 e. The third kappa shape index (κ3) is 9.16. The normalized spacial score (nSPS) is 20.3. The fraction of sp³-hybridized carbons (Fsp3) is 0.238. The molecule has 0 spiro atoms. The first-order valence-electron chi connectivity index (χ1n) is 17.0. The van der Waals surface area contributed by atoms with Crippen molar-refractivity contribution in [2.75, 3.05) is 6.61 Å². The van der Waals surface area contributed by atoms with Crippen molar-refractivity contribution < 1.29 is 24.1 Å². The molecule has 1 N–H and O–H groups in total. The zero-order chi connectivity index (χ0) is 34.8. The van der Waals surface area contributed by atoms with Crippen LogP contribution in [0.4, 0.5) is 0 Å². The van der Waals surface area contributed by atoms with Crippen LogP contribution in [0.3, 0.4) is 0 Å². The molecule has 1 saturated heterocycles. The molecule has 7 nitrogen and oxygen atoms in total. The first-order valence-corrected chi connectivity index (χ1v) is 18.2. The Kier molecular flexibility index (Phi) is 11.9. The molecule has 1 fully saturated rings. The van der Waals surface area contributed by atoms with Gasteiger partial charge in [-0.25, -0.2) is 9.97 Å². The minimum atomic E-state index is -1.02. The molecular formula is C42H39ClN2O5S. The highest BCUT2D eigenvalue weighted by atomic mass is 35.5. The maximum absolute atomic E-state index is 11.9. The average Bonchev–Trinajstić information content (AvgIpc) is 3.65. The Morgan fingerprint density at radius 3 is 1.94 bits per heavy atom. The van der Waals surface area contributed by atoms with E-state index < -0.39 is 30.5 Å². The molecular weight excluding hydrogens is 680 g/mol. The number of ether oxygens (including phenoxy) is 4. The Bertz CT molecular complexity index is 1950. The summed E-state index contributed by atoms with van der Waals surface area (Å²) in [4.78, 5) is 10.9. The van der Waals surface area contributed by atoms with Gasteiger partial charge in [0, 0.05) is 28.7 Å². The molecule has 3 unspecified atom stereocenters. The molecule has 1 aliphatic heterocycles. The van der Waals surface area contributed by atoms with Gasteiger partial charge in [0.1, 0.15) is 30.5 Å². The number of hydrogen-bond acceptors (Lipinski definition) is 8. The predicted molar refractivity (Wildman–Crippen MR) is 199 cm³/mol. The SMILES string of the molecule is O[C@@H]1C(COCc2ccccc2)OC(c2ccc(Cl)c(Cc3ccc(-c4ncccn4)s3)c2)[C@H](OCc2ccccc2)C1OCc1ccccc1. The fourth-order valence-corrected chi connectivity index (χ4v) is 7.38. The summed E-state index contributed by atoms with van der Waals surface area (Å²) < 4.78 is 26.2. The number of aliphatic hydroxyl groups excluding tert-OH is 1. The van der Waals surface area contributed by atoms with Crippen molar-refractivity contribution in [3.8, 4) is 10.7 Å². The van der Waals surface area contributed by atoms with Crippen LogP contribution in [-0.4, -0.2) is 46.1 Å². The lowest BCUT2D eigenvalue weighted by molar-refractivity contribution is -0.263. The van der Waals surface area contributed by atoms with E-state index in [2.05, 4.69) is 22.1 Å². The minimum Gasteiger partial charge on any atom is -0.387 e. The van der Waals surface area contributed by atoms with Crippen LogP contribution >= 0.6 is 22.9 Å². The molecule has 51 heavy (non-hydrogen) atoms. The maximum Gasteiger partial charge on any atom is 0.169 e. The Morgan fingerprint density at radius 1 is 0.686 bits per heavy atom. The molecule has 1 aliphatic rings. The maximum atomic E-state index is 11.9. The number of nitrogens with zero attached hydrogens (tertiary/aromatic N) is 2. The highest BCUT2D eigenvalue weighted by Crippen LogP contribution is 2.39. The van der Waals surface area contributed by atoms with Gasteiger partial charge in [-0.1, -0.05) is 115 Å². The van der Waals surface area contributed by atoms with Gasteiger partial charge in [-0.05, 0) is 52.1 Å². The molecule has 0 radical (unpaired) electrons. The number of aromatic nitrogens is 2. The van der Waals surface area contributed by atoms with Gasteiger partial charge < -0.3 is 24.1 Å². The van der Waals surface area contributed by atoms with Crippen LogP contribution in [0.5, 0.6) is 0 Å². The summed E-state index contributed by atoms with van der Waals surface area (Å²) in [7, 11) is 0. The second kappa shape index (κ2) is 17.3. The molecule has 0 aliphatic carbocycles. The lowest BCUT2D eigenvalue weighted by Crippen LogP contribution is -2.57. The van der Waals surface area contributed by atoms with Gasteiger partial charge in [-0.2, -0.15) is 0 Å². The van der Waals surface area contributed by atoms with Gasteiger partial charge in [-0.15, -0.1) is 11.3 Å². The lowest BCUT2D eigenvalue weighted by Gasteiger charge is -2.45. The lowest BCUT2D eigenvalue weighted by atomic mass is 9.89. The van der Waals surface area contributed by atoms with Crippen LogP contribution in [-0.2, 0) is 45.2 Å². The molecule has 260 valence electrons. The standard InChI is InChI=1S/C42H39ClN2O5S/c43-35-19-17-32(23-33(35)24-34-18-20-37(51-34)42-44-21-10-22-45-42)39-41(49-27-31-15-8-3-9-16-31)40(48-26-30-13-6-2-7-14-30)38(46)36(50-39)28-47-25-29-11-4-1-5-12-29/h1-23,36,38-41,46H,24-28H2/t36?,38-,39?,40?,41+/m1/s1. The first kappa shape index (κ1) is 35.2. The van der Waals surface area contributed by atoms with Gasteiger partial charge in [0.25, 0.3) is 0 Å². The van der Waals surface area contributed by atoms with Crippen LogP contribution in [0.1, 0.15) is 38.8 Å². The monoisotopic (exact) mass is 718 g/mol. The summed E-state index contributed by atoms with van der Waals surface area (Å²) in [5.74, 6) is 0.697. The van der Waals surface area contributed by atoms with Gasteiger partial charge in [0.2, 0.25) is 0 Å². The van der Waals surface area contributed by atoms with Crippen molar-refractivity contribution in [1.82, 2.24) is 9.97 Å². The summed E-state index contributed by atoms with van der Waals surface area (Å²) >= 11 is 8.48. The average molecular weight is 719 g/mol. The van der Waals surface area contributed by atoms with E-state index in [1.54, 1.807) is 23.7 Å². The zero-order valence-electron chi connectivity index (χ0n) is 28.0. The second-order valence-corrected chi connectivity index (χ2v) is 14.1. The smallest absolute Gasteiger partial charge is 0.169 e. The molecule has 9 heteroatoms. The van der Waals surface area contributed by atoms with Crippen LogP contribution in [0.25, 0.3) is 10.7 Å². The van der Waals surface area contributed by atoms with E-state index >= 15 is 0 Å². The van der Waals surface area contributed by atoms with E-state index in [1.165, 1.54) is 0 Å². The predicted octanol–water partition coefficient (Wildman–Crippen LogP) is 8.64. The fourth-order valence-electron chi connectivity index (χ4n) is 6.22. The van der Waals surface area contributed by atoms with Gasteiger partial charge >= 0.3 is 0 Å². The van der Waals surface area contributed by atoms with Crippen LogP contribution in [0.2, 0.25) is 5.02 Å². The van der Waals surface area contributed by atoms with Crippen molar-refractivity contribution in [3.63, 3.8) is 0 Å². The van der Waals surface area contributed by atoms with E-state index in [9.17, 15) is 5.11 Å². The third-order valence-electron chi connectivity index (χ3n) is 8.84.